The Morgan fingerprint density at radius 3 is 2.81 bits per heavy atom. The van der Waals surface area contributed by atoms with Gasteiger partial charge >= 0.3 is 0 Å². The quantitative estimate of drug-likeness (QED) is 0.830. The molecule has 0 fully saturated rings. The Morgan fingerprint density at radius 2 is 2.12 bits per heavy atom. The van der Waals surface area contributed by atoms with E-state index in [1.165, 1.54) is 0 Å². The molecular formula is C11H9ClFN3. The highest BCUT2D eigenvalue weighted by atomic mass is 35.5. The highest BCUT2D eigenvalue weighted by Crippen LogP contribution is 2.25. The standard InChI is InChI=1S/C11H9ClFN3/c1-6-2-3-7(4-8(6)12)10-9(13)5-15-11(14)16-10/h2-5H,1H3,(H2,14,15,16). The van der Waals surface area contributed by atoms with E-state index in [0.717, 1.165) is 11.8 Å². The molecule has 0 spiro atoms. The summed E-state index contributed by atoms with van der Waals surface area (Å²) in [5.41, 5.74) is 7.08. The molecule has 1 aromatic heterocycles. The van der Waals surface area contributed by atoms with Gasteiger partial charge in [0.2, 0.25) is 5.95 Å². The number of rotatable bonds is 1. The Kier molecular flexibility index (Phi) is 2.75. The maximum atomic E-state index is 13.5. The van der Waals surface area contributed by atoms with E-state index in [2.05, 4.69) is 9.97 Å². The lowest BCUT2D eigenvalue weighted by atomic mass is 10.1. The van der Waals surface area contributed by atoms with Gasteiger partial charge in [0, 0.05) is 10.6 Å². The SMILES string of the molecule is Cc1ccc(-c2nc(N)ncc2F)cc1Cl. The number of aromatic nitrogens is 2. The Balaban J connectivity index is 2.58. The molecule has 2 N–H and O–H groups in total. The van der Waals surface area contributed by atoms with E-state index in [9.17, 15) is 4.39 Å². The van der Waals surface area contributed by atoms with Crippen LogP contribution in [0, 0.1) is 12.7 Å². The number of nitrogens with two attached hydrogens (primary N) is 1. The van der Waals surface area contributed by atoms with Crippen molar-refractivity contribution in [3.8, 4) is 11.3 Å². The fourth-order valence-electron chi connectivity index (χ4n) is 1.32. The Labute approximate surface area is 97.1 Å². The average molecular weight is 238 g/mol. The molecule has 1 heterocycles. The van der Waals surface area contributed by atoms with Gasteiger partial charge in [0.15, 0.2) is 5.82 Å². The molecule has 0 amide bonds. The van der Waals surface area contributed by atoms with Gasteiger partial charge in [-0.05, 0) is 18.6 Å². The number of aryl methyl sites for hydroxylation is 1. The van der Waals surface area contributed by atoms with Crippen molar-refractivity contribution in [2.75, 3.05) is 5.73 Å². The molecule has 0 aliphatic rings. The monoisotopic (exact) mass is 237 g/mol. The summed E-state index contributed by atoms with van der Waals surface area (Å²) in [6, 6.07) is 5.20. The molecule has 0 radical (unpaired) electrons. The molecule has 0 aliphatic heterocycles. The summed E-state index contributed by atoms with van der Waals surface area (Å²) in [6.07, 6.45) is 1.05. The van der Waals surface area contributed by atoms with Gasteiger partial charge in [-0.15, -0.1) is 0 Å². The molecule has 0 aliphatic carbocycles. The van der Waals surface area contributed by atoms with E-state index in [-0.39, 0.29) is 11.6 Å². The highest BCUT2D eigenvalue weighted by molar-refractivity contribution is 6.31. The van der Waals surface area contributed by atoms with Crippen molar-refractivity contribution in [1.29, 1.82) is 0 Å². The molecule has 2 rings (SSSR count). The van der Waals surface area contributed by atoms with Gasteiger partial charge in [-0.3, -0.25) is 0 Å². The second-order valence-corrected chi connectivity index (χ2v) is 3.80. The molecule has 1 aromatic carbocycles. The number of benzene rings is 1. The third-order valence-corrected chi connectivity index (χ3v) is 2.62. The smallest absolute Gasteiger partial charge is 0.220 e. The molecule has 0 atom stereocenters. The summed E-state index contributed by atoms with van der Waals surface area (Å²) in [4.78, 5) is 7.41. The zero-order chi connectivity index (χ0) is 11.7. The van der Waals surface area contributed by atoms with Gasteiger partial charge in [-0.25, -0.2) is 14.4 Å². The lowest BCUT2D eigenvalue weighted by Crippen LogP contribution is -1.98. The minimum atomic E-state index is -0.519. The molecule has 2 aromatic rings. The first-order valence-corrected chi connectivity index (χ1v) is 5.00. The lowest BCUT2D eigenvalue weighted by Gasteiger charge is -2.05. The topological polar surface area (TPSA) is 51.8 Å². The van der Waals surface area contributed by atoms with Crippen LogP contribution in [0.5, 0.6) is 0 Å². The maximum absolute atomic E-state index is 13.5. The maximum Gasteiger partial charge on any atom is 0.220 e. The fourth-order valence-corrected chi connectivity index (χ4v) is 1.50. The predicted octanol–water partition coefficient (Wildman–Crippen LogP) is 2.83. The van der Waals surface area contributed by atoms with Gasteiger partial charge in [0.05, 0.1) is 6.20 Å². The largest absolute Gasteiger partial charge is 0.368 e. The number of nitrogen functional groups attached to an aromatic ring is 1. The van der Waals surface area contributed by atoms with Gasteiger partial charge in [0.1, 0.15) is 5.69 Å². The van der Waals surface area contributed by atoms with E-state index >= 15 is 0 Å². The molecule has 0 bridgehead atoms. The van der Waals surface area contributed by atoms with Crippen molar-refractivity contribution >= 4 is 17.5 Å². The van der Waals surface area contributed by atoms with Crippen LogP contribution in [0.1, 0.15) is 5.56 Å². The molecule has 82 valence electrons. The second-order valence-electron chi connectivity index (χ2n) is 3.39. The van der Waals surface area contributed by atoms with Crippen LogP contribution in [0.25, 0.3) is 11.3 Å². The molecule has 16 heavy (non-hydrogen) atoms. The minimum absolute atomic E-state index is 0.0353. The van der Waals surface area contributed by atoms with E-state index in [0.29, 0.717) is 10.6 Å². The minimum Gasteiger partial charge on any atom is -0.368 e. The van der Waals surface area contributed by atoms with Crippen LogP contribution in [-0.2, 0) is 0 Å². The van der Waals surface area contributed by atoms with Crippen LogP contribution in [-0.4, -0.2) is 9.97 Å². The van der Waals surface area contributed by atoms with Gasteiger partial charge < -0.3 is 5.73 Å². The van der Waals surface area contributed by atoms with Crippen molar-refractivity contribution < 1.29 is 4.39 Å². The Hall–Kier alpha value is -1.68. The van der Waals surface area contributed by atoms with Gasteiger partial charge in [-0.1, -0.05) is 23.7 Å². The van der Waals surface area contributed by atoms with Crippen LogP contribution in [0.4, 0.5) is 10.3 Å². The Morgan fingerprint density at radius 1 is 1.38 bits per heavy atom. The van der Waals surface area contributed by atoms with E-state index in [1.807, 2.05) is 6.92 Å². The summed E-state index contributed by atoms with van der Waals surface area (Å²) < 4.78 is 13.5. The fraction of sp³-hybridized carbons (Fsp3) is 0.0909. The van der Waals surface area contributed by atoms with Crippen LogP contribution in [0.2, 0.25) is 5.02 Å². The van der Waals surface area contributed by atoms with Crippen LogP contribution in [0.3, 0.4) is 0 Å². The normalized spacial score (nSPS) is 10.4. The van der Waals surface area contributed by atoms with E-state index in [1.54, 1.807) is 18.2 Å². The molecular weight excluding hydrogens is 229 g/mol. The number of halogens is 2. The number of hydrogen-bond acceptors (Lipinski definition) is 3. The number of nitrogens with zero attached hydrogens (tertiary/aromatic N) is 2. The van der Waals surface area contributed by atoms with Crippen molar-refractivity contribution in [1.82, 2.24) is 9.97 Å². The Bertz CT molecular complexity index is 543. The summed E-state index contributed by atoms with van der Waals surface area (Å²) in [6.45, 7) is 1.87. The van der Waals surface area contributed by atoms with Gasteiger partial charge in [-0.2, -0.15) is 0 Å². The molecule has 0 saturated heterocycles. The van der Waals surface area contributed by atoms with Crippen LogP contribution >= 0.6 is 11.6 Å². The first-order valence-electron chi connectivity index (χ1n) is 4.62. The number of anilines is 1. The van der Waals surface area contributed by atoms with Gasteiger partial charge in [0.25, 0.3) is 0 Å². The molecule has 0 unspecified atom stereocenters. The summed E-state index contributed by atoms with van der Waals surface area (Å²) in [5, 5.41) is 0.564. The van der Waals surface area contributed by atoms with E-state index in [4.69, 9.17) is 17.3 Å². The lowest BCUT2D eigenvalue weighted by molar-refractivity contribution is 0.619. The first-order chi connectivity index (χ1) is 7.58. The van der Waals surface area contributed by atoms with Crippen molar-refractivity contribution in [3.63, 3.8) is 0 Å². The molecule has 0 saturated carbocycles. The first kappa shape index (κ1) is 10.8. The zero-order valence-corrected chi connectivity index (χ0v) is 9.29. The third kappa shape index (κ3) is 1.97. The highest BCUT2D eigenvalue weighted by Gasteiger charge is 2.09. The summed E-state index contributed by atoms with van der Waals surface area (Å²) >= 11 is 5.96. The number of hydrogen-bond donors (Lipinski definition) is 1. The zero-order valence-electron chi connectivity index (χ0n) is 8.54. The van der Waals surface area contributed by atoms with Crippen molar-refractivity contribution in [2.45, 2.75) is 6.92 Å². The molecule has 3 nitrogen and oxygen atoms in total. The summed E-state index contributed by atoms with van der Waals surface area (Å²) in [5.74, 6) is -0.484. The third-order valence-electron chi connectivity index (χ3n) is 2.21. The van der Waals surface area contributed by atoms with Crippen LogP contribution in [0.15, 0.2) is 24.4 Å². The van der Waals surface area contributed by atoms with Crippen LogP contribution < -0.4 is 5.73 Å². The van der Waals surface area contributed by atoms with Crippen molar-refractivity contribution in [2.24, 2.45) is 0 Å². The van der Waals surface area contributed by atoms with Crippen molar-refractivity contribution in [3.05, 3.63) is 40.8 Å². The molecule has 5 heteroatoms. The van der Waals surface area contributed by atoms with E-state index < -0.39 is 5.82 Å². The summed E-state index contributed by atoms with van der Waals surface area (Å²) in [7, 11) is 0. The average Bonchev–Trinajstić information content (AvgIpc) is 2.26. The second kappa shape index (κ2) is 4.06. The predicted molar refractivity (Wildman–Crippen MR) is 61.6 cm³/mol.